The van der Waals surface area contributed by atoms with Crippen LogP contribution in [0.5, 0.6) is 0 Å². The monoisotopic (exact) mass is 506 g/mol. The van der Waals surface area contributed by atoms with E-state index in [1.165, 1.54) is 18.4 Å². The number of benzene rings is 1. The number of hydrogen-bond acceptors (Lipinski definition) is 10. The van der Waals surface area contributed by atoms with Gasteiger partial charge in [-0.15, -0.1) is 0 Å². The molecule has 1 rings (SSSR count). The first kappa shape index (κ1) is 30.5. The molecule has 0 saturated heterocycles. The Bertz CT molecular complexity index is 709. The van der Waals surface area contributed by atoms with Crippen molar-refractivity contribution in [3.05, 3.63) is 42.7 Å². The molecule has 0 N–H and O–H groups in total. The third kappa shape index (κ3) is 17.0. The van der Waals surface area contributed by atoms with Crippen molar-refractivity contribution in [3.63, 3.8) is 0 Å². The second-order valence-electron chi connectivity index (χ2n) is 6.80. The van der Waals surface area contributed by atoms with Gasteiger partial charge in [0.05, 0.1) is 97.0 Å². The zero-order chi connectivity index (χ0) is 24.7. The van der Waals surface area contributed by atoms with E-state index < -0.39 is 10.1 Å². The summed E-state index contributed by atoms with van der Waals surface area (Å²) in [6, 6.07) is 6.48. The van der Waals surface area contributed by atoms with Crippen molar-refractivity contribution in [2.24, 2.45) is 0 Å². The standard InChI is InChI=1S/C23H38O10S/c1-3-26-8-9-27-10-11-28-12-13-29-14-15-30-16-17-31-18-19-32-20-21-33-34(24,25)23-6-4-22(2)5-7-23/h3-7H,1,8-21H2,2H3. The Hall–Kier alpha value is -1.57. The van der Waals surface area contributed by atoms with Gasteiger partial charge in [0, 0.05) is 0 Å². The lowest BCUT2D eigenvalue weighted by molar-refractivity contribution is -0.0192. The fourth-order valence-corrected chi connectivity index (χ4v) is 3.26. The molecule has 0 bridgehead atoms. The summed E-state index contributed by atoms with van der Waals surface area (Å²) >= 11 is 0. The highest BCUT2D eigenvalue weighted by Gasteiger charge is 2.14. The number of aryl methyl sites for hydroxylation is 1. The van der Waals surface area contributed by atoms with E-state index >= 15 is 0 Å². The molecule has 0 aliphatic carbocycles. The van der Waals surface area contributed by atoms with Crippen molar-refractivity contribution in [1.82, 2.24) is 0 Å². The molecular formula is C23H38O10S. The molecule has 1 aromatic carbocycles. The van der Waals surface area contributed by atoms with Crippen LogP contribution in [0, 0.1) is 6.92 Å². The lowest BCUT2D eigenvalue weighted by Gasteiger charge is -2.09. The van der Waals surface area contributed by atoms with Crippen molar-refractivity contribution >= 4 is 10.1 Å². The molecule has 10 nitrogen and oxygen atoms in total. The zero-order valence-corrected chi connectivity index (χ0v) is 20.8. The Morgan fingerprint density at radius 3 is 1.35 bits per heavy atom. The van der Waals surface area contributed by atoms with Gasteiger partial charge in [-0.25, -0.2) is 0 Å². The van der Waals surface area contributed by atoms with Gasteiger partial charge in [0.15, 0.2) is 0 Å². The summed E-state index contributed by atoms with van der Waals surface area (Å²) in [4.78, 5) is 0.132. The molecule has 0 saturated carbocycles. The van der Waals surface area contributed by atoms with E-state index in [2.05, 4.69) is 6.58 Å². The maximum Gasteiger partial charge on any atom is 0.297 e. The van der Waals surface area contributed by atoms with Crippen LogP contribution in [0.25, 0.3) is 0 Å². The van der Waals surface area contributed by atoms with E-state index in [9.17, 15) is 8.42 Å². The van der Waals surface area contributed by atoms with Crippen molar-refractivity contribution < 1.29 is 45.8 Å². The molecule has 0 aliphatic rings. The summed E-state index contributed by atoms with van der Waals surface area (Å²) in [7, 11) is -3.76. The predicted octanol–water partition coefficient (Wildman–Crippen LogP) is 1.96. The minimum atomic E-state index is -3.76. The Labute approximate surface area is 203 Å². The highest BCUT2D eigenvalue weighted by molar-refractivity contribution is 7.86. The largest absolute Gasteiger partial charge is 0.499 e. The molecule has 0 fully saturated rings. The van der Waals surface area contributed by atoms with Gasteiger partial charge in [-0.1, -0.05) is 24.3 Å². The summed E-state index contributed by atoms with van der Waals surface area (Å²) in [6.45, 7) is 11.0. The second-order valence-corrected chi connectivity index (χ2v) is 8.42. The SMILES string of the molecule is C=COCCOCCOCCOCCOCCOCCOCCOS(=O)(=O)c1ccc(C)cc1. The van der Waals surface area contributed by atoms with Gasteiger partial charge in [-0.2, -0.15) is 8.42 Å². The Balaban J connectivity index is 1.78. The van der Waals surface area contributed by atoms with Gasteiger partial charge in [0.25, 0.3) is 10.1 Å². The topological polar surface area (TPSA) is 108 Å². The molecule has 0 radical (unpaired) electrons. The molecule has 34 heavy (non-hydrogen) atoms. The van der Waals surface area contributed by atoms with Crippen LogP contribution in [0.2, 0.25) is 0 Å². The van der Waals surface area contributed by atoms with Crippen molar-refractivity contribution in [2.75, 3.05) is 92.5 Å². The Kier molecular flexibility index (Phi) is 18.6. The molecule has 196 valence electrons. The molecule has 0 heterocycles. The minimum Gasteiger partial charge on any atom is -0.499 e. The van der Waals surface area contributed by atoms with Gasteiger partial charge in [0.1, 0.15) is 6.61 Å². The Morgan fingerprint density at radius 2 is 0.971 bits per heavy atom. The maximum atomic E-state index is 12.0. The lowest BCUT2D eigenvalue weighted by Crippen LogP contribution is -2.15. The van der Waals surface area contributed by atoms with Crippen LogP contribution in [0.4, 0.5) is 0 Å². The van der Waals surface area contributed by atoms with E-state index in [1.807, 2.05) is 6.92 Å². The molecule has 0 aromatic heterocycles. The summed E-state index contributed by atoms with van der Waals surface area (Å²) in [5.74, 6) is 0. The first-order chi connectivity index (χ1) is 16.6. The van der Waals surface area contributed by atoms with E-state index in [1.54, 1.807) is 12.1 Å². The summed E-state index contributed by atoms with van der Waals surface area (Å²) in [6.07, 6.45) is 1.38. The zero-order valence-electron chi connectivity index (χ0n) is 20.0. The smallest absolute Gasteiger partial charge is 0.297 e. The van der Waals surface area contributed by atoms with Gasteiger partial charge in [-0.05, 0) is 19.1 Å². The van der Waals surface area contributed by atoms with Crippen LogP contribution in [0.15, 0.2) is 42.0 Å². The molecule has 0 spiro atoms. The number of ether oxygens (including phenoxy) is 7. The molecular weight excluding hydrogens is 468 g/mol. The lowest BCUT2D eigenvalue weighted by atomic mass is 10.2. The highest BCUT2D eigenvalue weighted by Crippen LogP contribution is 2.12. The van der Waals surface area contributed by atoms with Crippen LogP contribution in [0.1, 0.15) is 5.56 Å². The van der Waals surface area contributed by atoms with Crippen LogP contribution >= 0.6 is 0 Å². The van der Waals surface area contributed by atoms with Crippen LogP contribution < -0.4 is 0 Å². The normalized spacial score (nSPS) is 11.6. The molecule has 0 unspecified atom stereocenters. The summed E-state index contributed by atoms with van der Waals surface area (Å²) in [5.41, 5.74) is 0.978. The van der Waals surface area contributed by atoms with Gasteiger partial charge in [0.2, 0.25) is 0 Å². The van der Waals surface area contributed by atoms with Crippen LogP contribution in [-0.4, -0.2) is 101 Å². The van der Waals surface area contributed by atoms with E-state index in [0.717, 1.165) is 5.56 Å². The predicted molar refractivity (Wildman–Crippen MR) is 125 cm³/mol. The van der Waals surface area contributed by atoms with E-state index in [0.29, 0.717) is 79.3 Å². The van der Waals surface area contributed by atoms with Gasteiger partial charge in [-0.3, -0.25) is 4.18 Å². The van der Waals surface area contributed by atoms with Crippen LogP contribution in [0.3, 0.4) is 0 Å². The summed E-state index contributed by atoms with van der Waals surface area (Å²) in [5, 5.41) is 0. The third-order valence-electron chi connectivity index (χ3n) is 4.10. The fraction of sp³-hybridized carbons (Fsp3) is 0.652. The van der Waals surface area contributed by atoms with Gasteiger partial charge < -0.3 is 33.2 Å². The maximum absolute atomic E-state index is 12.0. The van der Waals surface area contributed by atoms with Crippen molar-refractivity contribution in [3.8, 4) is 0 Å². The first-order valence-electron chi connectivity index (χ1n) is 11.2. The molecule has 1 aromatic rings. The molecule has 0 amide bonds. The number of hydrogen-bond donors (Lipinski definition) is 0. The van der Waals surface area contributed by atoms with E-state index in [4.69, 9.17) is 37.3 Å². The Morgan fingerprint density at radius 1 is 0.618 bits per heavy atom. The average molecular weight is 507 g/mol. The first-order valence-corrected chi connectivity index (χ1v) is 12.6. The van der Waals surface area contributed by atoms with Crippen LogP contribution in [-0.2, 0) is 47.5 Å². The highest BCUT2D eigenvalue weighted by atomic mass is 32.2. The van der Waals surface area contributed by atoms with E-state index in [-0.39, 0.29) is 18.1 Å². The molecule has 11 heteroatoms. The average Bonchev–Trinajstić information content (AvgIpc) is 2.82. The van der Waals surface area contributed by atoms with Crippen molar-refractivity contribution in [2.45, 2.75) is 11.8 Å². The fourth-order valence-electron chi connectivity index (χ4n) is 2.37. The minimum absolute atomic E-state index is 0.0519. The molecule has 0 aliphatic heterocycles. The quantitative estimate of drug-likeness (QED) is 0.117. The number of rotatable bonds is 24. The second kappa shape index (κ2) is 20.8. The van der Waals surface area contributed by atoms with Gasteiger partial charge >= 0.3 is 0 Å². The third-order valence-corrected chi connectivity index (χ3v) is 5.43. The molecule has 0 atom stereocenters. The summed E-state index contributed by atoms with van der Waals surface area (Å²) < 4.78 is 66.0. The van der Waals surface area contributed by atoms with Crippen molar-refractivity contribution in [1.29, 1.82) is 0 Å².